The molecule has 20 heavy (non-hydrogen) atoms. The Bertz CT molecular complexity index is 828. The predicted octanol–water partition coefficient (Wildman–Crippen LogP) is 4.89. The number of imidazole rings is 1. The van der Waals surface area contributed by atoms with Crippen LogP contribution in [0.1, 0.15) is 5.56 Å². The highest BCUT2D eigenvalue weighted by Gasteiger charge is 2.14. The van der Waals surface area contributed by atoms with E-state index in [-0.39, 0.29) is 11.1 Å². The van der Waals surface area contributed by atoms with Crippen molar-refractivity contribution in [1.82, 2.24) is 9.38 Å². The Hall–Kier alpha value is -1.65. The molecule has 3 aromatic rings. The third-order valence-electron chi connectivity index (χ3n) is 3.00. The highest BCUT2D eigenvalue weighted by atomic mass is 35.5. The van der Waals surface area contributed by atoms with E-state index in [4.69, 9.17) is 23.2 Å². The minimum Gasteiger partial charge on any atom is -0.304 e. The highest BCUT2D eigenvalue weighted by molar-refractivity contribution is 6.36. The summed E-state index contributed by atoms with van der Waals surface area (Å²) in [5.74, 6) is -1.02. The van der Waals surface area contributed by atoms with Crippen LogP contribution < -0.4 is 0 Å². The summed E-state index contributed by atoms with van der Waals surface area (Å²) >= 11 is 11.9. The van der Waals surface area contributed by atoms with Gasteiger partial charge in [-0.1, -0.05) is 23.2 Å². The molecular formula is C14H8Cl2F2N2. The molecule has 0 N–H and O–H groups in total. The fourth-order valence-electron chi connectivity index (χ4n) is 2.00. The van der Waals surface area contributed by atoms with Crippen molar-refractivity contribution in [2.45, 2.75) is 6.92 Å². The molecule has 0 atom stereocenters. The zero-order valence-corrected chi connectivity index (χ0v) is 11.8. The van der Waals surface area contributed by atoms with Gasteiger partial charge in [0.25, 0.3) is 0 Å². The molecule has 1 aromatic carbocycles. The van der Waals surface area contributed by atoms with Crippen LogP contribution in [-0.2, 0) is 0 Å². The lowest BCUT2D eigenvalue weighted by Gasteiger charge is -2.02. The van der Waals surface area contributed by atoms with Crippen LogP contribution in [0.25, 0.3) is 16.9 Å². The molecule has 0 aliphatic heterocycles. The Labute approximate surface area is 123 Å². The Morgan fingerprint density at radius 3 is 2.55 bits per heavy atom. The average Bonchev–Trinajstić information content (AvgIpc) is 2.77. The van der Waals surface area contributed by atoms with Crippen molar-refractivity contribution in [2.75, 3.05) is 0 Å². The van der Waals surface area contributed by atoms with Gasteiger partial charge in [0.1, 0.15) is 11.6 Å². The lowest BCUT2D eigenvalue weighted by molar-refractivity contribution is 0.595. The van der Waals surface area contributed by atoms with Crippen LogP contribution in [0.3, 0.4) is 0 Å². The van der Waals surface area contributed by atoms with Gasteiger partial charge in [0, 0.05) is 18.0 Å². The second-order valence-corrected chi connectivity index (χ2v) is 5.29. The first-order valence-corrected chi connectivity index (χ1v) is 6.51. The van der Waals surface area contributed by atoms with E-state index in [0.717, 1.165) is 12.1 Å². The maximum atomic E-state index is 13.9. The van der Waals surface area contributed by atoms with Gasteiger partial charge in [0.15, 0.2) is 5.65 Å². The lowest BCUT2D eigenvalue weighted by atomic mass is 10.1. The van der Waals surface area contributed by atoms with Gasteiger partial charge in [-0.25, -0.2) is 13.8 Å². The molecule has 0 saturated heterocycles. The highest BCUT2D eigenvalue weighted by Crippen LogP contribution is 2.28. The summed E-state index contributed by atoms with van der Waals surface area (Å²) in [5, 5.41) is 0.777. The van der Waals surface area contributed by atoms with Gasteiger partial charge >= 0.3 is 0 Å². The number of nitrogens with zero attached hydrogens (tertiary/aromatic N) is 2. The van der Waals surface area contributed by atoms with E-state index in [1.54, 1.807) is 22.9 Å². The SMILES string of the molecule is Cc1cc(F)c(-c2cn3cc(Cl)cc(Cl)c3n2)cc1F. The van der Waals surface area contributed by atoms with E-state index in [1.165, 1.54) is 6.92 Å². The maximum absolute atomic E-state index is 13.9. The first-order valence-electron chi connectivity index (χ1n) is 5.75. The summed E-state index contributed by atoms with van der Waals surface area (Å²) in [5.41, 5.74) is 1.07. The molecule has 6 heteroatoms. The molecule has 0 unspecified atom stereocenters. The van der Waals surface area contributed by atoms with Crippen molar-refractivity contribution in [1.29, 1.82) is 0 Å². The van der Waals surface area contributed by atoms with Crippen molar-refractivity contribution >= 4 is 28.8 Å². The topological polar surface area (TPSA) is 17.3 Å². The van der Waals surface area contributed by atoms with Crippen molar-refractivity contribution in [2.24, 2.45) is 0 Å². The van der Waals surface area contributed by atoms with Gasteiger partial charge in [0.05, 0.1) is 15.7 Å². The van der Waals surface area contributed by atoms with Gasteiger partial charge in [-0.05, 0) is 30.7 Å². The monoisotopic (exact) mass is 312 g/mol. The molecule has 0 bridgehead atoms. The molecule has 0 aliphatic carbocycles. The summed E-state index contributed by atoms with van der Waals surface area (Å²) in [4.78, 5) is 4.22. The number of halogens is 4. The Morgan fingerprint density at radius 2 is 1.80 bits per heavy atom. The van der Waals surface area contributed by atoms with Gasteiger partial charge in [-0.15, -0.1) is 0 Å². The molecule has 0 amide bonds. The number of hydrogen-bond acceptors (Lipinski definition) is 1. The largest absolute Gasteiger partial charge is 0.304 e. The summed E-state index contributed by atoms with van der Waals surface area (Å²) in [6.07, 6.45) is 3.15. The van der Waals surface area contributed by atoms with Crippen LogP contribution in [0.15, 0.2) is 30.6 Å². The first kappa shape index (κ1) is 13.3. The molecule has 0 radical (unpaired) electrons. The number of aryl methyl sites for hydroxylation is 1. The van der Waals surface area contributed by atoms with Gasteiger partial charge < -0.3 is 4.40 Å². The average molecular weight is 313 g/mol. The molecule has 102 valence electrons. The standard InChI is InChI=1S/C14H8Cl2F2N2/c1-7-2-12(18)9(4-11(7)17)13-6-20-5-8(15)3-10(16)14(20)19-13/h2-6H,1H3. The van der Waals surface area contributed by atoms with Crippen LogP contribution in [0.4, 0.5) is 8.78 Å². The summed E-state index contributed by atoms with van der Waals surface area (Å²) in [7, 11) is 0. The van der Waals surface area contributed by atoms with Crippen molar-refractivity contribution in [3.8, 4) is 11.3 Å². The zero-order chi connectivity index (χ0) is 14.4. The number of benzene rings is 1. The number of aromatic nitrogens is 2. The molecule has 0 saturated carbocycles. The quantitative estimate of drug-likeness (QED) is 0.625. The Morgan fingerprint density at radius 1 is 1.05 bits per heavy atom. The fourth-order valence-corrected chi connectivity index (χ4v) is 2.52. The molecular weight excluding hydrogens is 305 g/mol. The predicted molar refractivity (Wildman–Crippen MR) is 75.3 cm³/mol. The van der Waals surface area contributed by atoms with Gasteiger partial charge in [-0.3, -0.25) is 0 Å². The van der Waals surface area contributed by atoms with Crippen LogP contribution in [-0.4, -0.2) is 9.38 Å². The van der Waals surface area contributed by atoms with Crippen LogP contribution >= 0.6 is 23.2 Å². The Kier molecular flexibility index (Phi) is 3.15. The van der Waals surface area contributed by atoms with Crippen molar-refractivity contribution in [3.63, 3.8) is 0 Å². The zero-order valence-electron chi connectivity index (χ0n) is 10.3. The normalized spacial score (nSPS) is 11.2. The number of hydrogen-bond donors (Lipinski definition) is 0. The first-order chi connectivity index (χ1) is 9.45. The third-order valence-corrected chi connectivity index (χ3v) is 3.48. The number of pyridine rings is 1. The van der Waals surface area contributed by atoms with Gasteiger partial charge in [0.2, 0.25) is 0 Å². The van der Waals surface area contributed by atoms with E-state index in [0.29, 0.717) is 21.4 Å². The fraction of sp³-hybridized carbons (Fsp3) is 0.0714. The molecule has 2 aromatic heterocycles. The Balaban J connectivity index is 2.25. The van der Waals surface area contributed by atoms with E-state index in [2.05, 4.69) is 4.98 Å². The smallest absolute Gasteiger partial charge is 0.156 e. The third kappa shape index (κ3) is 2.15. The van der Waals surface area contributed by atoms with E-state index in [9.17, 15) is 8.78 Å². The van der Waals surface area contributed by atoms with Crippen LogP contribution in [0.5, 0.6) is 0 Å². The lowest BCUT2D eigenvalue weighted by Crippen LogP contribution is -1.90. The van der Waals surface area contributed by atoms with E-state index < -0.39 is 11.6 Å². The molecule has 0 fully saturated rings. The van der Waals surface area contributed by atoms with Crippen LogP contribution in [0, 0.1) is 18.6 Å². The minimum atomic E-state index is -0.533. The summed E-state index contributed by atoms with van der Waals surface area (Å²) in [6, 6.07) is 3.81. The van der Waals surface area contributed by atoms with E-state index in [1.807, 2.05) is 0 Å². The maximum Gasteiger partial charge on any atom is 0.156 e. The van der Waals surface area contributed by atoms with Crippen molar-refractivity contribution < 1.29 is 8.78 Å². The number of rotatable bonds is 1. The van der Waals surface area contributed by atoms with E-state index >= 15 is 0 Å². The minimum absolute atomic E-state index is 0.0870. The summed E-state index contributed by atoms with van der Waals surface area (Å²) < 4.78 is 29.1. The van der Waals surface area contributed by atoms with Crippen LogP contribution in [0.2, 0.25) is 10.0 Å². The molecule has 3 rings (SSSR count). The molecule has 2 nitrogen and oxygen atoms in total. The number of fused-ring (bicyclic) bond motifs is 1. The second-order valence-electron chi connectivity index (χ2n) is 4.44. The van der Waals surface area contributed by atoms with Gasteiger partial charge in [-0.2, -0.15) is 0 Å². The second kappa shape index (κ2) is 4.72. The van der Waals surface area contributed by atoms with Crippen molar-refractivity contribution in [3.05, 3.63) is 57.8 Å². The molecule has 0 spiro atoms. The summed E-state index contributed by atoms with van der Waals surface area (Å²) in [6.45, 7) is 1.50. The molecule has 0 aliphatic rings. The molecule has 2 heterocycles.